The highest BCUT2D eigenvalue weighted by Crippen LogP contribution is 2.37. The zero-order valence-electron chi connectivity index (χ0n) is 19.1. The molecule has 0 amide bonds. The third-order valence-electron chi connectivity index (χ3n) is 7.34. The molecule has 3 N–H and O–H groups in total. The largest absolute Gasteiger partial charge is 0.344 e. The number of fused-ring (bicyclic) bond motifs is 1. The topological polar surface area (TPSA) is 43.0 Å². The SMILES string of the molecule is Cl.Cl.NCCCNCCCc1cn(C2CCCCC2)c2ccc(C3CCCCC3)cc12. The van der Waals surface area contributed by atoms with E-state index in [1.807, 2.05) is 0 Å². The van der Waals surface area contributed by atoms with Gasteiger partial charge in [-0.2, -0.15) is 0 Å². The van der Waals surface area contributed by atoms with Crippen LogP contribution in [0.2, 0.25) is 0 Å². The number of aromatic nitrogens is 1. The van der Waals surface area contributed by atoms with Gasteiger partial charge >= 0.3 is 0 Å². The van der Waals surface area contributed by atoms with Gasteiger partial charge < -0.3 is 15.6 Å². The van der Waals surface area contributed by atoms with Crippen LogP contribution < -0.4 is 11.1 Å². The van der Waals surface area contributed by atoms with Gasteiger partial charge in [0.15, 0.2) is 0 Å². The van der Waals surface area contributed by atoms with Gasteiger partial charge in [-0.05, 0) is 93.8 Å². The maximum atomic E-state index is 5.60. The van der Waals surface area contributed by atoms with Crippen molar-refractivity contribution in [2.24, 2.45) is 5.73 Å². The zero-order chi connectivity index (χ0) is 19.9. The Labute approximate surface area is 201 Å². The second-order valence-corrected chi connectivity index (χ2v) is 9.46. The summed E-state index contributed by atoms with van der Waals surface area (Å²) in [4.78, 5) is 0. The van der Waals surface area contributed by atoms with Crippen molar-refractivity contribution in [2.45, 2.75) is 95.4 Å². The minimum Gasteiger partial charge on any atom is -0.344 e. The molecule has 0 bridgehead atoms. The Morgan fingerprint density at radius 1 is 0.871 bits per heavy atom. The van der Waals surface area contributed by atoms with E-state index in [0.29, 0.717) is 6.04 Å². The molecule has 31 heavy (non-hydrogen) atoms. The van der Waals surface area contributed by atoms with Crippen molar-refractivity contribution < 1.29 is 0 Å². The first-order valence-electron chi connectivity index (χ1n) is 12.4. The molecule has 2 aromatic rings. The third kappa shape index (κ3) is 6.87. The van der Waals surface area contributed by atoms with E-state index in [2.05, 4.69) is 34.3 Å². The number of aryl methyl sites for hydroxylation is 1. The maximum Gasteiger partial charge on any atom is 0.0485 e. The van der Waals surface area contributed by atoms with Crippen molar-refractivity contribution in [1.82, 2.24) is 9.88 Å². The Hall–Kier alpha value is -0.740. The first-order chi connectivity index (χ1) is 14.4. The molecule has 3 nitrogen and oxygen atoms in total. The second-order valence-electron chi connectivity index (χ2n) is 9.46. The highest BCUT2D eigenvalue weighted by molar-refractivity contribution is 5.86. The van der Waals surface area contributed by atoms with Crippen LogP contribution in [0.4, 0.5) is 0 Å². The summed E-state index contributed by atoms with van der Waals surface area (Å²) in [6.07, 6.45) is 19.9. The molecule has 0 radical (unpaired) electrons. The molecule has 1 heterocycles. The van der Waals surface area contributed by atoms with E-state index in [1.165, 1.54) is 82.6 Å². The molecule has 0 saturated heterocycles. The Kier molecular flexibility index (Phi) is 11.7. The van der Waals surface area contributed by atoms with E-state index < -0.39 is 0 Å². The van der Waals surface area contributed by atoms with Crippen LogP contribution in [-0.4, -0.2) is 24.2 Å². The van der Waals surface area contributed by atoms with Gasteiger partial charge in [-0.1, -0.05) is 44.6 Å². The summed E-state index contributed by atoms with van der Waals surface area (Å²) in [6.45, 7) is 2.93. The van der Waals surface area contributed by atoms with Gasteiger partial charge in [0, 0.05) is 23.1 Å². The summed E-state index contributed by atoms with van der Waals surface area (Å²) in [6, 6.07) is 8.19. The van der Waals surface area contributed by atoms with Gasteiger partial charge in [-0.25, -0.2) is 0 Å². The van der Waals surface area contributed by atoms with Crippen LogP contribution in [-0.2, 0) is 6.42 Å². The normalized spacial score (nSPS) is 18.0. The van der Waals surface area contributed by atoms with E-state index in [-0.39, 0.29) is 24.8 Å². The van der Waals surface area contributed by atoms with Crippen molar-refractivity contribution in [2.75, 3.05) is 19.6 Å². The molecular formula is C26H43Cl2N3. The van der Waals surface area contributed by atoms with Crippen LogP contribution in [0.5, 0.6) is 0 Å². The van der Waals surface area contributed by atoms with Crippen molar-refractivity contribution >= 4 is 35.7 Å². The molecule has 2 saturated carbocycles. The lowest BCUT2D eigenvalue weighted by atomic mass is 9.83. The summed E-state index contributed by atoms with van der Waals surface area (Å²) < 4.78 is 2.65. The number of hydrogen-bond donors (Lipinski definition) is 2. The summed E-state index contributed by atoms with van der Waals surface area (Å²) in [5, 5.41) is 5.09. The fraction of sp³-hybridized carbons (Fsp3) is 0.692. The number of nitrogens with two attached hydrogens (primary N) is 1. The lowest BCUT2D eigenvalue weighted by molar-refractivity contribution is 0.360. The zero-order valence-corrected chi connectivity index (χ0v) is 20.8. The Morgan fingerprint density at radius 2 is 1.55 bits per heavy atom. The van der Waals surface area contributed by atoms with E-state index in [0.717, 1.165) is 32.0 Å². The third-order valence-corrected chi connectivity index (χ3v) is 7.34. The molecule has 0 spiro atoms. The van der Waals surface area contributed by atoms with Crippen molar-refractivity contribution in [1.29, 1.82) is 0 Å². The molecule has 176 valence electrons. The Balaban J connectivity index is 0.00000171. The fourth-order valence-electron chi connectivity index (χ4n) is 5.65. The van der Waals surface area contributed by atoms with E-state index in [1.54, 1.807) is 16.5 Å². The van der Waals surface area contributed by atoms with E-state index in [9.17, 15) is 0 Å². The number of benzene rings is 1. The van der Waals surface area contributed by atoms with Gasteiger partial charge in [0.05, 0.1) is 0 Å². The smallest absolute Gasteiger partial charge is 0.0485 e. The molecule has 5 heteroatoms. The predicted octanol–water partition coefficient (Wildman–Crippen LogP) is 6.91. The monoisotopic (exact) mass is 467 g/mol. The standard InChI is InChI=1S/C26H41N3.2ClH/c27-16-8-18-28-17-7-11-23-20-29(24-12-5-2-6-13-24)26-15-14-22(19-25(23)26)21-9-3-1-4-10-21;;/h14-15,19-21,24,28H,1-13,16-18,27H2;2*1H. The fourth-order valence-corrected chi connectivity index (χ4v) is 5.65. The van der Waals surface area contributed by atoms with Gasteiger partial charge in [0.25, 0.3) is 0 Å². The van der Waals surface area contributed by atoms with Gasteiger partial charge in [-0.3, -0.25) is 0 Å². The first-order valence-corrected chi connectivity index (χ1v) is 12.4. The molecule has 0 aliphatic heterocycles. The van der Waals surface area contributed by atoms with Crippen LogP contribution in [0.15, 0.2) is 24.4 Å². The van der Waals surface area contributed by atoms with E-state index in [4.69, 9.17) is 5.73 Å². The maximum absolute atomic E-state index is 5.60. The van der Waals surface area contributed by atoms with Crippen molar-refractivity contribution in [3.8, 4) is 0 Å². The number of halogens is 2. The van der Waals surface area contributed by atoms with E-state index >= 15 is 0 Å². The number of nitrogens with zero attached hydrogens (tertiary/aromatic N) is 1. The number of rotatable bonds is 9. The summed E-state index contributed by atoms with van der Waals surface area (Å²) in [5.41, 5.74) is 10.3. The van der Waals surface area contributed by atoms with Crippen LogP contribution in [0.3, 0.4) is 0 Å². The van der Waals surface area contributed by atoms with Gasteiger partial charge in [-0.15, -0.1) is 24.8 Å². The molecular weight excluding hydrogens is 425 g/mol. The molecule has 0 unspecified atom stereocenters. The van der Waals surface area contributed by atoms with Crippen LogP contribution >= 0.6 is 24.8 Å². The lowest BCUT2D eigenvalue weighted by Gasteiger charge is -2.25. The highest BCUT2D eigenvalue weighted by Gasteiger charge is 2.21. The average molecular weight is 469 g/mol. The molecule has 1 aromatic heterocycles. The van der Waals surface area contributed by atoms with Crippen molar-refractivity contribution in [3.05, 3.63) is 35.5 Å². The second kappa shape index (κ2) is 13.7. The van der Waals surface area contributed by atoms with Crippen LogP contribution in [0.25, 0.3) is 10.9 Å². The van der Waals surface area contributed by atoms with Crippen LogP contribution in [0, 0.1) is 0 Å². The molecule has 2 aliphatic carbocycles. The van der Waals surface area contributed by atoms with Gasteiger partial charge in [0.2, 0.25) is 0 Å². The Bertz CT molecular complexity index is 761. The Morgan fingerprint density at radius 3 is 2.26 bits per heavy atom. The minimum absolute atomic E-state index is 0. The van der Waals surface area contributed by atoms with Crippen LogP contribution in [0.1, 0.15) is 100 Å². The lowest BCUT2D eigenvalue weighted by Crippen LogP contribution is -2.19. The minimum atomic E-state index is 0. The highest BCUT2D eigenvalue weighted by atomic mass is 35.5. The average Bonchev–Trinajstić information content (AvgIpc) is 3.15. The molecule has 1 aromatic carbocycles. The van der Waals surface area contributed by atoms with Crippen molar-refractivity contribution in [3.63, 3.8) is 0 Å². The molecule has 0 atom stereocenters. The number of nitrogens with one attached hydrogen (secondary N) is 1. The number of hydrogen-bond acceptors (Lipinski definition) is 2. The summed E-state index contributed by atoms with van der Waals surface area (Å²) >= 11 is 0. The quantitative estimate of drug-likeness (QED) is 0.393. The predicted molar refractivity (Wildman–Crippen MR) is 139 cm³/mol. The van der Waals surface area contributed by atoms with Gasteiger partial charge in [0.1, 0.15) is 0 Å². The summed E-state index contributed by atoms with van der Waals surface area (Å²) in [7, 11) is 0. The molecule has 2 fully saturated rings. The first kappa shape index (κ1) is 26.5. The molecule has 2 aliphatic rings. The molecule has 4 rings (SSSR count). The summed E-state index contributed by atoms with van der Waals surface area (Å²) in [5.74, 6) is 0.789.